The zero-order valence-electron chi connectivity index (χ0n) is 8.77. The topological polar surface area (TPSA) is 86.6 Å². The van der Waals surface area contributed by atoms with Crippen LogP contribution in [0.3, 0.4) is 0 Å². The van der Waals surface area contributed by atoms with Crippen molar-refractivity contribution in [2.24, 2.45) is 0 Å². The lowest BCUT2D eigenvalue weighted by atomic mass is 10.1. The Kier molecular flexibility index (Phi) is 7.44. The predicted molar refractivity (Wildman–Crippen MR) is 66.9 cm³/mol. The summed E-state index contributed by atoms with van der Waals surface area (Å²) in [5.41, 5.74) is 0. The van der Waals surface area contributed by atoms with Gasteiger partial charge < -0.3 is 15.5 Å². The number of thiocarbonyl (C=S) groups is 1. The Morgan fingerprint density at radius 3 is 2.44 bits per heavy atom. The predicted octanol–water partition coefficient (Wildman–Crippen LogP) is 0.482. The number of carbonyl (C=O) groups is 2. The highest BCUT2D eigenvalue weighted by atomic mass is 79.9. The van der Waals surface area contributed by atoms with E-state index >= 15 is 0 Å². The lowest BCUT2D eigenvalue weighted by molar-refractivity contribution is -0.139. The van der Waals surface area contributed by atoms with Gasteiger partial charge in [0.2, 0.25) is 5.91 Å². The van der Waals surface area contributed by atoms with Gasteiger partial charge in [-0.15, -0.1) is 0 Å². The van der Waals surface area contributed by atoms with Crippen molar-refractivity contribution in [3.05, 3.63) is 0 Å². The molecule has 0 aliphatic rings. The van der Waals surface area contributed by atoms with Crippen LogP contribution in [0.2, 0.25) is 0 Å². The first-order valence-electron chi connectivity index (χ1n) is 4.67. The van der Waals surface area contributed by atoms with Gasteiger partial charge in [-0.1, -0.05) is 28.1 Å². The van der Waals surface area contributed by atoms with Gasteiger partial charge in [-0.05, 0) is 12.8 Å². The van der Waals surface area contributed by atoms with Crippen LogP contribution in [-0.4, -0.2) is 44.4 Å². The highest BCUT2D eigenvalue weighted by molar-refractivity contribution is 9.09. The number of aliphatic hydroxyl groups is 1. The van der Waals surface area contributed by atoms with Crippen LogP contribution >= 0.6 is 28.1 Å². The second-order valence-corrected chi connectivity index (χ2v) is 4.49. The second kappa shape index (κ2) is 7.70. The first kappa shape index (κ1) is 15.5. The summed E-state index contributed by atoms with van der Waals surface area (Å²) in [4.78, 5) is 21.5. The van der Waals surface area contributed by atoms with E-state index < -0.39 is 24.0 Å². The van der Waals surface area contributed by atoms with Gasteiger partial charge in [-0.2, -0.15) is 0 Å². The molecule has 3 N–H and O–H groups in total. The van der Waals surface area contributed by atoms with Crippen LogP contribution in [-0.2, 0) is 9.59 Å². The molecule has 0 aromatic rings. The van der Waals surface area contributed by atoms with Crippen molar-refractivity contribution in [3.8, 4) is 0 Å². The van der Waals surface area contributed by atoms with Gasteiger partial charge in [0.05, 0.1) is 11.0 Å². The molecule has 16 heavy (non-hydrogen) atoms. The molecular weight excluding hydrogens is 298 g/mol. The number of carbonyl (C=O) groups excluding carboxylic acids is 1. The van der Waals surface area contributed by atoms with Crippen molar-refractivity contribution in [3.63, 3.8) is 0 Å². The molecule has 0 aliphatic heterocycles. The van der Waals surface area contributed by atoms with E-state index in [1.165, 1.54) is 6.92 Å². The lowest BCUT2D eigenvalue weighted by Crippen LogP contribution is -2.48. The molecule has 0 rings (SSSR count). The number of rotatable bonds is 7. The number of hydrogen-bond donors (Lipinski definition) is 3. The number of aliphatic carboxylic acids is 1. The maximum absolute atomic E-state index is 10.8. The van der Waals surface area contributed by atoms with Gasteiger partial charge in [0.15, 0.2) is 6.04 Å². The second-order valence-electron chi connectivity index (χ2n) is 3.22. The van der Waals surface area contributed by atoms with E-state index in [-0.39, 0.29) is 4.86 Å². The number of aliphatic hydroxyl groups excluding tert-OH is 1. The third kappa shape index (κ3) is 5.53. The molecule has 2 atom stereocenters. The Bertz CT molecular complexity index is 285. The Morgan fingerprint density at radius 2 is 2.06 bits per heavy atom. The Hall–Kier alpha value is -0.530. The zero-order valence-corrected chi connectivity index (χ0v) is 11.2. The molecular formula is C9H14BrNO4S. The smallest absolute Gasteiger partial charge is 0.331 e. The van der Waals surface area contributed by atoms with Crippen LogP contribution in [0, 0.1) is 0 Å². The molecule has 5 nitrogen and oxygen atoms in total. The SMILES string of the molecule is CC(=O)NC(C(=O)O)C(=S)C(O)CCCBr. The van der Waals surface area contributed by atoms with Gasteiger partial charge in [-0.3, -0.25) is 4.79 Å². The molecule has 0 saturated carbocycles. The molecule has 92 valence electrons. The minimum absolute atomic E-state index is 0.0661. The lowest BCUT2D eigenvalue weighted by Gasteiger charge is -2.18. The van der Waals surface area contributed by atoms with E-state index in [4.69, 9.17) is 17.3 Å². The molecule has 1 amide bonds. The maximum Gasteiger partial charge on any atom is 0.331 e. The van der Waals surface area contributed by atoms with Crippen molar-refractivity contribution in [2.45, 2.75) is 31.9 Å². The normalized spacial score (nSPS) is 13.9. The quantitative estimate of drug-likeness (QED) is 0.470. The van der Waals surface area contributed by atoms with Crippen LogP contribution in [0.25, 0.3) is 0 Å². The standard InChI is InChI=1S/C9H14BrNO4S/c1-5(12)11-7(9(14)15)8(16)6(13)3-2-4-10/h6-7,13H,2-4H2,1H3,(H,11,12)(H,14,15). The van der Waals surface area contributed by atoms with E-state index in [1.807, 2.05) is 0 Å². The van der Waals surface area contributed by atoms with Gasteiger partial charge in [0.25, 0.3) is 0 Å². The molecule has 0 saturated heterocycles. The first-order chi connectivity index (χ1) is 7.40. The van der Waals surface area contributed by atoms with E-state index in [0.29, 0.717) is 18.2 Å². The Morgan fingerprint density at radius 1 is 1.50 bits per heavy atom. The van der Waals surface area contributed by atoms with E-state index in [0.717, 1.165) is 0 Å². The number of amides is 1. The van der Waals surface area contributed by atoms with Crippen molar-refractivity contribution in [1.29, 1.82) is 0 Å². The Balaban J connectivity index is 4.48. The van der Waals surface area contributed by atoms with E-state index in [2.05, 4.69) is 21.2 Å². The summed E-state index contributed by atoms with van der Waals surface area (Å²) in [7, 11) is 0. The molecule has 0 heterocycles. The molecule has 0 aromatic heterocycles. The summed E-state index contributed by atoms with van der Waals surface area (Å²) in [5.74, 6) is -1.76. The van der Waals surface area contributed by atoms with Crippen LogP contribution in [0.15, 0.2) is 0 Å². The van der Waals surface area contributed by atoms with Crippen LogP contribution in [0.4, 0.5) is 0 Å². The third-order valence-electron chi connectivity index (χ3n) is 1.82. The third-order valence-corrected chi connectivity index (χ3v) is 2.89. The summed E-state index contributed by atoms with van der Waals surface area (Å²) < 4.78 is 0. The van der Waals surface area contributed by atoms with Gasteiger partial charge in [0.1, 0.15) is 0 Å². The summed E-state index contributed by atoms with van der Waals surface area (Å²) in [6.07, 6.45) is 0.0433. The highest BCUT2D eigenvalue weighted by Gasteiger charge is 2.27. The maximum atomic E-state index is 10.8. The van der Waals surface area contributed by atoms with Crippen molar-refractivity contribution in [2.75, 3.05) is 5.33 Å². The largest absolute Gasteiger partial charge is 0.479 e. The van der Waals surface area contributed by atoms with E-state index in [9.17, 15) is 14.7 Å². The average molecular weight is 312 g/mol. The molecule has 7 heteroatoms. The van der Waals surface area contributed by atoms with Crippen LogP contribution in [0.5, 0.6) is 0 Å². The summed E-state index contributed by atoms with van der Waals surface area (Å²) in [6, 6.07) is -1.31. The minimum atomic E-state index is -1.31. The number of carboxylic acids is 1. The van der Waals surface area contributed by atoms with Gasteiger partial charge in [-0.25, -0.2) is 4.79 Å². The zero-order chi connectivity index (χ0) is 12.7. The fourth-order valence-electron chi connectivity index (χ4n) is 1.06. The molecule has 0 radical (unpaired) electrons. The van der Waals surface area contributed by atoms with Crippen molar-refractivity contribution >= 4 is 44.9 Å². The fourth-order valence-corrected chi connectivity index (χ4v) is 1.66. The number of halogens is 1. The van der Waals surface area contributed by atoms with Gasteiger partial charge >= 0.3 is 5.97 Å². The molecule has 0 bridgehead atoms. The summed E-state index contributed by atoms with van der Waals surface area (Å²) in [6.45, 7) is 1.20. The number of alkyl halides is 1. The molecule has 0 spiro atoms. The number of nitrogens with one attached hydrogen (secondary N) is 1. The highest BCUT2D eigenvalue weighted by Crippen LogP contribution is 2.06. The van der Waals surface area contributed by atoms with Gasteiger partial charge in [0, 0.05) is 12.3 Å². The van der Waals surface area contributed by atoms with Crippen molar-refractivity contribution in [1.82, 2.24) is 5.32 Å². The number of carboxylic acid groups (broad SMARTS) is 1. The molecule has 2 unspecified atom stereocenters. The Labute approximate surface area is 107 Å². The molecule has 0 fully saturated rings. The minimum Gasteiger partial charge on any atom is -0.479 e. The monoisotopic (exact) mass is 311 g/mol. The average Bonchev–Trinajstić information content (AvgIpc) is 2.20. The molecule has 0 aliphatic carbocycles. The van der Waals surface area contributed by atoms with Crippen LogP contribution < -0.4 is 5.32 Å². The van der Waals surface area contributed by atoms with Crippen molar-refractivity contribution < 1.29 is 19.8 Å². The molecule has 0 aromatic carbocycles. The first-order valence-corrected chi connectivity index (χ1v) is 6.20. The van der Waals surface area contributed by atoms with E-state index in [1.54, 1.807) is 0 Å². The number of hydrogen-bond acceptors (Lipinski definition) is 4. The summed E-state index contributed by atoms with van der Waals surface area (Å²) in [5, 5.41) is 21.3. The van der Waals surface area contributed by atoms with Crippen LogP contribution in [0.1, 0.15) is 19.8 Å². The summed E-state index contributed by atoms with van der Waals surface area (Å²) >= 11 is 8.04. The fraction of sp³-hybridized carbons (Fsp3) is 0.667.